The van der Waals surface area contributed by atoms with Crippen molar-refractivity contribution in [1.29, 1.82) is 0 Å². The smallest absolute Gasteiger partial charge is 0.142 e. The third-order valence-electron chi connectivity index (χ3n) is 2.91. The van der Waals surface area contributed by atoms with Crippen molar-refractivity contribution >= 4 is 5.69 Å². The molecule has 0 aliphatic carbocycles. The van der Waals surface area contributed by atoms with Gasteiger partial charge in [0.2, 0.25) is 0 Å². The second kappa shape index (κ2) is 6.45. The van der Waals surface area contributed by atoms with Gasteiger partial charge in [-0.15, -0.1) is 0 Å². The van der Waals surface area contributed by atoms with E-state index in [1.165, 1.54) is 12.1 Å². The molecule has 0 radical (unpaired) electrons. The van der Waals surface area contributed by atoms with E-state index in [0.717, 1.165) is 18.7 Å². The Bertz CT molecular complexity index is 357. The molecule has 2 N–H and O–H groups in total. The Kier molecular flexibility index (Phi) is 5.22. The topological polar surface area (TPSA) is 38.5 Å². The molecule has 17 heavy (non-hydrogen) atoms. The number of anilines is 1. The third kappa shape index (κ3) is 3.89. The number of hydrogen-bond acceptors (Lipinski definition) is 3. The van der Waals surface area contributed by atoms with Crippen LogP contribution in [0.4, 0.5) is 10.1 Å². The number of rotatable bonds is 6. The van der Waals surface area contributed by atoms with Crippen molar-refractivity contribution in [2.24, 2.45) is 11.7 Å². The predicted molar refractivity (Wildman–Crippen MR) is 69.1 cm³/mol. The quantitative estimate of drug-likeness (QED) is 0.829. The van der Waals surface area contributed by atoms with Crippen molar-refractivity contribution in [2.45, 2.75) is 13.3 Å². The van der Waals surface area contributed by atoms with E-state index in [-0.39, 0.29) is 5.82 Å². The van der Waals surface area contributed by atoms with Crippen molar-refractivity contribution < 1.29 is 9.13 Å². The highest BCUT2D eigenvalue weighted by atomic mass is 19.1. The zero-order chi connectivity index (χ0) is 12.8. The first kappa shape index (κ1) is 13.8. The minimum absolute atomic E-state index is 0.250. The average Bonchev–Trinajstić information content (AvgIpc) is 2.35. The van der Waals surface area contributed by atoms with Gasteiger partial charge in [0.05, 0.1) is 12.8 Å². The van der Waals surface area contributed by atoms with Gasteiger partial charge in [0, 0.05) is 19.7 Å². The number of hydrogen-bond donors (Lipinski definition) is 1. The lowest BCUT2D eigenvalue weighted by molar-refractivity contribution is 0.413. The lowest BCUT2D eigenvalue weighted by Gasteiger charge is -2.23. The molecular formula is C13H21FN2O. The largest absolute Gasteiger partial charge is 0.495 e. The summed E-state index contributed by atoms with van der Waals surface area (Å²) in [6, 6.07) is 4.54. The highest BCUT2D eigenvalue weighted by Crippen LogP contribution is 2.28. The monoisotopic (exact) mass is 240 g/mol. The fraction of sp³-hybridized carbons (Fsp3) is 0.538. The lowest BCUT2D eigenvalue weighted by Crippen LogP contribution is -2.23. The summed E-state index contributed by atoms with van der Waals surface area (Å²) in [6.45, 7) is 3.61. The van der Waals surface area contributed by atoms with Gasteiger partial charge in [0.15, 0.2) is 0 Å². The summed E-state index contributed by atoms with van der Waals surface area (Å²) in [7, 11) is 3.52. The lowest BCUT2D eigenvalue weighted by atomic mass is 10.1. The molecule has 0 amide bonds. The summed E-state index contributed by atoms with van der Waals surface area (Å²) < 4.78 is 18.4. The molecule has 0 fully saturated rings. The van der Waals surface area contributed by atoms with Crippen molar-refractivity contribution in [3.63, 3.8) is 0 Å². The summed E-state index contributed by atoms with van der Waals surface area (Å²) in [6.07, 6.45) is 0.979. The van der Waals surface area contributed by atoms with E-state index in [9.17, 15) is 4.39 Å². The summed E-state index contributed by atoms with van der Waals surface area (Å²) in [5, 5.41) is 0. The molecule has 0 aliphatic rings. The summed E-state index contributed by atoms with van der Waals surface area (Å²) in [5.74, 6) is 0.908. The summed E-state index contributed by atoms with van der Waals surface area (Å²) in [5.41, 5.74) is 6.35. The average molecular weight is 240 g/mol. The number of methoxy groups -OCH3 is 1. The molecule has 1 aromatic rings. The van der Waals surface area contributed by atoms with Crippen LogP contribution in [0.2, 0.25) is 0 Å². The number of ether oxygens (including phenoxy) is 1. The first-order valence-electron chi connectivity index (χ1n) is 5.83. The van der Waals surface area contributed by atoms with Gasteiger partial charge in [-0.3, -0.25) is 0 Å². The standard InChI is InChI=1S/C13H21FN2O/c1-10(9-15)6-7-16(2)12-8-11(14)4-5-13(12)17-3/h4-5,8,10H,6-7,9,15H2,1-3H3. The predicted octanol–water partition coefficient (Wildman–Crippen LogP) is 2.26. The van der Waals surface area contributed by atoms with Gasteiger partial charge in [-0.25, -0.2) is 4.39 Å². The highest BCUT2D eigenvalue weighted by molar-refractivity contribution is 5.58. The SMILES string of the molecule is COc1ccc(F)cc1N(C)CCC(C)CN. The van der Waals surface area contributed by atoms with Crippen LogP contribution < -0.4 is 15.4 Å². The molecule has 1 rings (SSSR count). The van der Waals surface area contributed by atoms with E-state index < -0.39 is 0 Å². The zero-order valence-corrected chi connectivity index (χ0v) is 10.7. The molecule has 0 aliphatic heterocycles. The van der Waals surface area contributed by atoms with E-state index in [0.29, 0.717) is 18.2 Å². The van der Waals surface area contributed by atoms with Gasteiger partial charge in [0.1, 0.15) is 11.6 Å². The van der Waals surface area contributed by atoms with Crippen LogP contribution in [0, 0.1) is 11.7 Å². The fourth-order valence-electron chi connectivity index (χ4n) is 1.61. The van der Waals surface area contributed by atoms with Gasteiger partial charge in [-0.2, -0.15) is 0 Å². The minimum atomic E-state index is -0.250. The Balaban J connectivity index is 2.73. The maximum Gasteiger partial charge on any atom is 0.142 e. The molecule has 4 heteroatoms. The molecule has 0 saturated heterocycles. The number of nitrogens with zero attached hydrogens (tertiary/aromatic N) is 1. The second-order valence-corrected chi connectivity index (χ2v) is 4.37. The minimum Gasteiger partial charge on any atom is -0.495 e. The van der Waals surface area contributed by atoms with Crippen LogP contribution in [0.25, 0.3) is 0 Å². The van der Waals surface area contributed by atoms with Crippen LogP contribution in [0.3, 0.4) is 0 Å². The van der Waals surface area contributed by atoms with E-state index in [1.807, 2.05) is 11.9 Å². The van der Waals surface area contributed by atoms with E-state index in [1.54, 1.807) is 13.2 Å². The van der Waals surface area contributed by atoms with Crippen LogP contribution in [-0.4, -0.2) is 27.2 Å². The van der Waals surface area contributed by atoms with Crippen LogP contribution in [0.1, 0.15) is 13.3 Å². The van der Waals surface area contributed by atoms with E-state index in [2.05, 4.69) is 6.92 Å². The molecule has 0 spiro atoms. The van der Waals surface area contributed by atoms with Crippen LogP contribution in [0.5, 0.6) is 5.75 Å². The Hall–Kier alpha value is -1.29. The summed E-state index contributed by atoms with van der Waals surface area (Å²) in [4.78, 5) is 1.99. The van der Waals surface area contributed by atoms with E-state index >= 15 is 0 Å². The van der Waals surface area contributed by atoms with Gasteiger partial charge in [-0.1, -0.05) is 6.92 Å². The molecule has 96 valence electrons. The van der Waals surface area contributed by atoms with Crippen LogP contribution >= 0.6 is 0 Å². The van der Waals surface area contributed by atoms with Gasteiger partial charge in [-0.05, 0) is 31.0 Å². The molecule has 3 nitrogen and oxygen atoms in total. The number of nitrogens with two attached hydrogens (primary N) is 1. The van der Waals surface area contributed by atoms with Gasteiger partial charge >= 0.3 is 0 Å². The van der Waals surface area contributed by atoms with Gasteiger partial charge in [0.25, 0.3) is 0 Å². The highest BCUT2D eigenvalue weighted by Gasteiger charge is 2.10. The molecule has 0 aromatic heterocycles. The third-order valence-corrected chi connectivity index (χ3v) is 2.91. The normalized spacial score (nSPS) is 12.3. The second-order valence-electron chi connectivity index (χ2n) is 4.37. The molecule has 1 atom stereocenters. The Morgan fingerprint density at radius 2 is 2.18 bits per heavy atom. The first-order valence-corrected chi connectivity index (χ1v) is 5.83. The maximum atomic E-state index is 13.2. The van der Waals surface area contributed by atoms with Crippen molar-refractivity contribution in [3.8, 4) is 5.75 Å². The molecule has 1 unspecified atom stereocenters. The van der Waals surface area contributed by atoms with Crippen LogP contribution in [0.15, 0.2) is 18.2 Å². The zero-order valence-electron chi connectivity index (χ0n) is 10.7. The van der Waals surface area contributed by atoms with Gasteiger partial charge < -0.3 is 15.4 Å². The molecule has 0 heterocycles. The van der Waals surface area contributed by atoms with Crippen molar-refractivity contribution in [1.82, 2.24) is 0 Å². The molecule has 0 saturated carbocycles. The fourth-order valence-corrected chi connectivity index (χ4v) is 1.61. The molecule has 0 bridgehead atoms. The maximum absolute atomic E-state index is 13.2. The Morgan fingerprint density at radius 1 is 1.47 bits per heavy atom. The Morgan fingerprint density at radius 3 is 2.76 bits per heavy atom. The number of benzene rings is 1. The Labute approximate surface area is 102 Å². The molecule has 1 aromatic carbocycles. The summed E-state index contributed by atoms with van der Waals surface area (Å²) >= 11 is 0. The van der Waals surface area contributed by atoms with Crippen LogP contribution in [-0.2, 0) is 0 Å². The van der Waals surface area contributed by atoms with Crippen molar-refractivity contribution in [3.05, 3.63) is 24.0 Å². The first-order chi connectivity index (χ1) is 8.08. The van der Waals surface area contributed by atoms with E-state index in [4.69, 9.17) is 10.5 Å². The molecular weight excluding hydrogens is 219 g/mol. The van der Waals surface area contributed by atoms with Crippen molar-refractivity contribution in [2.75, 3.05) is 32.1 Å². The number of halogens is 1.